The number of carboxylic acids is 1. The SMILES string of the molecule is CCC1(CNC(=O)Nc2ccc(C(=O)O)cc2C)CC1. The Hall–Kier alpha value is -2.04. The fraction of sp³-hybridized carbons (Fsp3) is 0.467. The Morgan fingerprint density at radius 3 is 2.55 bits per heavy atom. The maximum atomic E-state index is 11.8. The molecule has 0 bridgehead atoms. The van der Waals surface area contributed by atoms with Crippen LogP contribution < -0.4 is 10.6 Å². The highest BCUT2D eigenvalue weighted by molar-refractivity contribution is 5.92. The van der Waals surface area contributed by atoms with Crippen LogP contribution in [0.1, 0.15) is 42.1 Å². The molecule has 5 nitrogen and oxygen atoms in total. The molecule has 0 atom stereocenters. The Morgan fingerprint density at radius 1 is 1.35 bits per heavy atom. The number of aryl methyl sites for hydroxylation is 1. The number of carboxylic acid groups (broad SMARTS) is 1. The predicted octanol–water partition coefficient (Wildman–Crippen LogP) is 3.00. The second-order valence-corrected chi connectivity index (χ2v) is 5.50. The van der Waals surface area contributed by atoms with Crippen LogP contribution in [0.3, 0.4) is 0 Å². The highest BCUT2D eigenvalue weighted by Crippen LogP contribution is 2.47. The number of rotatable bonds is 5. The quantitative estimate of drug-likeness (QED) is 0.773. The van der Waals surface area contributed by atoms with Crippen LogP contribution in [-0.4, -0.2) is 23.7 Å². The fourth-order valence-corrected chi connectivity index (χ4v) is 2.20. The minimum absolute atomic E-state index is 0.219. The van der Waals surface area contributed by atoms with Crippen LogP contribution in [-0.2, 0) is 0 Å². The molecule has 2 amide bonds. The molecule has 0 radical (unpaired) electrons. The Labute approximate surface area is 118 Å². The number of aromatic carboxylic acids is 1. The molecule has 108 valence electrons. The third-order valence-electron chi connectivity index (χ3n) is 4.05. The fourth-order valence-electron chi connectivity index (χ4n) is 2.20. The smallest absolute Gasteiger partial charge is 0.335 e. The van der Waals surface area contributed by atoms with E-state index in [0.717, 1.165) is 12.0 Å². The first-order valence-corrected chi connectivity index (χ1v) is 6.84. The van der Waals surface area contributed by atoms with Crippen LogP contribution in [0.25, 0.3) is 0 Å². The topological polar surface area (TPSA) is 78.4 Å². The molecule has 3 N–H and O–H groups in total. The van der Waals surface area contributed by atoms with Gasteiger partial charge in [0, 0.05) is 12.2 Å². The lowest BCUT2D eigenvalue weighted by Gasteiger charge is -2.15. The van der Waals surface area contributed by atoms with E-state index in [1.54, 1.807) is 19.1 Å². The maximum Gasteiger partial charge on any atom is 0.335 e. The average Bonchev–Trinajstić information content (AvgIpc) is 3.19. The van der Waals surface area contributed by atoms with Crippen LogP contribution in [0.2, 0.25) is 0 Å². The van der Waals surface area contributed by atoms with Gasteiger partial charge in [0.25, 0.3) is 0 Å². The van der Waals surface area contributed by atoms with Gasteiger partial charge in [-0.05, 0) is 55.4 Å². The number of amides is 2. The van der Waals surface area contributed by atoms with Crippen molar-refractivity contribution in [3.63, 3.8) is 0 Å². The number of hydrogen-bond donors (Lipinski definition) is 3. The number of carbonyl (C=O) groups excluding carboxylic acids is 1. The van der Waals surface area contributed by atoms with Crippen molar-refractivity contribution in [3.8, 4) is 0 Å². The maximum absolute atomic E-state index is 11.8. The predicted molar refractivity (Wildman–Crippen MR) is 77.1 cm³/mol. The molecule has 5 heteroatoms. The van der Waals surface area contributed by atoms with Gasteiger partial charge in [-0.1, -0.05) is 6.92 Å². The Kier molecular flexibility index (Phi) is 3.97. The minimum Gasteiger partial charge on any atom is -0.478 e. The van der Waals surface area contributed by atoms with E-state index < -0.39 is 5.97 Å². The molecule has 0 unspecified atom stereocenters. The first-order valence-electron chi connectivity index (χ1n) is 6.84. The van der Waals surface area contributed by atoms with Crippen molar-refractivity contribution in [2.45, 2.75) is 33.1 Å². The molecule has 1 aromatic rings. The van der Waals surface area contributed by atoms with E-state index in [1.165, 1.54) is 18.9 Å². The van der Waals surface area contributed by atoms with E-state index in [4.69, 9.17) is 5.11 Å². The van der Waals surface area contributed by atoms with Crippen LogP contribution in [0.15, 0.2) is 18.2 Å². The molecule has 0 saturated heterocycles. The van der Waals surface area contributed by atoms with Gasteiger partial charge in [-0.25, -0.2) is 9.59 Å². The van der Waals surface area contributed by atoms with Gasteiger partial charge >= 0.3 is 12.0 Å². The minimum atomic E-state index is -0.970. The summed E-state index contributed by atoms with van der Waals surface area (Å²) in [6.45, 7) is 4.61. The third kappa shape index (κ3) is 3.29. The van der Waals surface area contributed by atoms with Gasteiger partial charge in [-0.3, -0.25) is 0 Å². The van der Waals surface area contributed by atoms with Crippen LogP contribution in [0, 0.1) is 12.3 Å². The van der Waals surface area contributed by atoms with E-state index in [0.29, 0.717) is 17.6 Å². The summed E-state index contributed by atoms with van der Waals surface area (Å²) in [4.78, 5) is 22.7. The molecular weight excluding hydrogens is 256 g/mol. The largest absolute Gasteiger partial charge is 0.478 e. The summed E-state index contributed by atoms with van der Waals surface area (Å²) in [6, 6.07) is 4.41. The average molecular weight is 276 g/mol. The Bertz CT molecular complexity index is 536. The molecule has 1 aliphatic carbocycles. The molecule has 1 aliphatic rings. The second kappa shape index (κ2) is 5.53. The highest BCUT2D eigenvalue weighted by Gasteiger charge is 2.40. The van der Waals surface area contributed by atoms with Gasteiger partial charge in [-0.2, -0.15) is 0 Å². The van der Waals surface area contributed by atoms with Crippen molar-refractivity contribution in [1.29, 1.82) is 0 Å². The van der Waals surface area contributed by atoms with Crippen molar-refractivity contribution in [3.05, 3.63) is 29.3 Å². The zero-order valence-corrected chi connectivity index (χ0v) is 11.8. The molecule has 1 fully saturated rings. The summed E-state index contributed by atoms with van der Waals surface area (Å²) < 4.78 is 0. The summed E-state index contributed by atoms with van der Waals surface area (Å²) in [7, 11) is 0. The number of benzene rings is 1. The van der Waals surface area contributed by atoms with Crippen molar-refractivity contribution in [2.24, 2.45) is 5.41 Å². The van der Waals surface area contributed by atoms with Gasteiger partial charge in [0.05, 0.1) is 5.56 Å². The Balaban J connectivity index is 1.92. The standard InChI is InChI=1S/C15H20N2O3/c1-3-15(6-7-15)9-16-14(20)17-12-5-4-11(13(18)19)8-10(12)2/h4-5,8H,3,6-7,9H2,1-2H3,(H,18,19)(H2,16,17,20). The number of anilines is 1. The monoisotopic (exact) mass is 276 g/mol. The summed E-state index contributed by atoms with van der Waals surface area (Å²) in [6.07, 6.45) is 3.44. The molecule has 2 rings (SSSR count). The number of urea groups is 1. The molecule has 0 aromatic heterocycles. The normalized spacial score (nSPS) is 15.5. The first kappa shape index (κ1) is 14.4. The summed E-state index contributed by atoms with van der Waals surface area (Å²) in [5, 5.41) is 14.5. The Morgan fingerprint density at radius 2 is 2.05 bits per heavy atom. The molecule has 20 heavy (non-hydrogen) atoms. The number of hydrogen-bond acceptors (Lipinski definition) is 2. The van der Waals surface area contributed by atoms with Crippen LogP contribution in [0.4, 0.5) is 10.5 Å². The molecule has 0 spiro atoms. The van der Waals surface area contributed by atoms with Crippen molar-refractivity contribution in [2.75, 3.05) is 11.9 Å². The molecule has 1 aromatic carbocycles. The van der Waals surface area contributed by atoms with Crippen LogP contribution >= 0.6 is 0 Å². The van der Waals surface area contributed by atoms with Gasteiger partial charge in [-0.15, -0.1) is 0 Å². The van der Waals surface area contributed by atoms with E-state index in [2.05, 4.69) is 17.6 Å². The van der Waals surface area contributed by atoms with Gasteiger partial charge in [0.2, 0.25) is 0 Å². The van der Waals surface area contributed by atoms with Gasteiger partial charge < -0.3 is 15.7 Å². The molecule has 1 saturated carbocycles. The van der Waals surface area contributed by atoms with Crippen molar-refractivity contribution < 1.29 is 14.7 Å². The van der Waals surface area contributed by atoms with E-state index in [-0.39, 0.29) is 11.6 Å². The lowest BCUT2D eigenvalue weighted by Crippen LogP contribution is -2.33. The van der Waals surface area contributed by atoms with Gasteiger partial charge in [0.15, 0.2) is 0 Å². The molecular formula is C15H20N2O3. The lowest BCUT2D eigenvalue weighted by atomic mass is 10.0. The summed E-state index contributed by atoms with van der Waals surface area (Å²) >= 11 is 0. The highest BCUT2D eigenvalue weighted by atomic mass is 16.4. The van der Waals surface area contributed by atoms with Crippen LogP contribution in [0.5, 0.6) is 0 Å². The van der Waals surface area contributed by atoms with Gasteiger partial charge in [0.1, 0.15) is 0 Å². The second-order valence-electron chi connectivity index (χ2n) is 5.50. The molecule has 0 aliphatic heterocycles. The van der Waals surface area contributed by atoms with Crippen molar-refractivity contribution >= 4 is 17.7 Å². The van der Waals surface area contributed by atoms with E-state index >= 15 is 0 Å². The first-order chi connectivity index (χ1) is 9.46. The zero-order chi connectivity index (χ0) is 14.8. The number of nitrogens with one attached hydrogen (secondary N) is 2. The van der Waals surface area contributed by atoms with Crippen molar-refractivity contribution in [1.82, 2.24) is 5.32 Å². The van der Waals surface area contributed by atoms with E-state index in [9.17, 15) is 9.59 Å². The van der Waals surface area contributed by atoms with E-state index in [1.807, 2.05) is 0 Å². The molecule has 0 heterocycles. The third-order valence-corrected chi connectivity index (χ3v) is 4.05. The summed E-state index contributed by atoms with van der Waals surface area (Å²) in [5.74, 6) is -0.970. The number of carbonyl (C=O) groups is 2. The zero-order valence-electron chi connectivity index (χ0n) is 11.8. The lowest BCUT2D eigenvalue weighted by molar-refractivity contribution is 0.0697. The summed E-state index contributed by atoms with van der Waals surface area (Å²) in [5.41, 5.74) is 1.89.